The quantitative estimate of drug-likeness (QED) is 0.303. The van der Waals surface area contributed by atoms with Gasteiger partial charge in [-0.2, -0.15) is 9.98 Å². The molecule has 0 heterocycles. The number of guanidine groups is 2. The van der Waals surface area contributed by atoms with E-state index in [4.69, 9.17) is 11.5 Å². The Morgan fingerprint density at radius 1 is 1.10 bits per heavy atom. The van der Waals surface area contributed by atoms with E-state index in [1.165, 1.54) is 24.0 Å². The first kappa shape index (κ1) is 32.4. The Balaban J connectivity index is 1.82. The number of fused-ring (bicyclic) bond motifs is 1. The molecule has 5 N–H and O–H groups in total. The molecule has 2 aromatic rings. The van der Waals surface area contributed by atoms with Gasteiger partial charge in [0.25, 0.3) is 5.91 Å². The summed E-state index contributed by atoms with van der Waals surface area (Å²) in [7, 11) is 2.17. The predicted octanol–water partition coefficient (Wildman–Crippen LogP) is 2.76. The number of aliphatic imine (C=N–C) groups is 2. The zero-order chi connectivity index (χ0) is 31.1. The van der Waals surface area contributed by atoms with Crippen LogP contribution in [0.1, 0.15) is 37.0 Å². The molecule has 0 aromatic heterocycles. The molecule has 1 unspecified atom stereocenters. The highest BCUT2D eigenvalue weighted by Gasteiger charge is 2.27. The number of hydrogen-bond acceptors (Lipinski definition) is 5. The van der Waals surface area contributed by atoms with E-state index in [0.29, 0.717) is 16.0 Å². The zero-order valence-corrected chi connectivity index (χ0v) is 25.6. The summed E-state index contributed by atoms with van der Waals surface area (Å²) in [5.41, 5.74) is 16.0. The molecule has 0 spiro atoms. The maximum Gasteiger partial charge on any atom is 0.272 e. The first-order valence-electron chi connectivity index (χ1n) is 12.7. The largest absolute Gasteiger partial charge is 0.369 e. The minimum Gasteiger partial charge on any atom is -0.369 e. The van der Waals surface area contributed by atoms with Gasteiger partial charge < -0.3 is 21.7 Å². The van der Waals surface area contributed by atoms with E-state index in [-0.39, 0.29) is 29.2 Å². The van der Waals surface area contributed by atoms with Crippen LogP contribution in [0.4, 0.5) is 4.39 Å². The van der Waals surface area contributed by atoms with Crippen LogP contribution in [0.5, 0.6) is 0 Å². The van der Waals surface area contributed by atoms with E-state index < -0.39 is 34.5 Å². The van der Waals surface area contributed by atoms with Gasteiger partial charge in [-0.15, -0.1) is 0 Å². The van der Waals surface area contributed by atoms with Crippen molar-refractivity contribution in [3.63, 3.8) is 0 Å². The van der Waals surface area contributed by atoms with Crippen LogP contribution in [0.3, 0.4) is 0 Å². The summed E-state index contributed by atoms with van der Waals surface area (Å²) in [6.45, 7) is 3.11. The van der Waals surface area contributed by atoms with Gasteiger partial charge in [-0.05, 0) is 70.7 Å². The number of carbonyl (C=O) groups excluding carboxylic acids is 3. The average molecular weight is 613 g/mol. The van der Waals surface area contributed by atoms with Crippen LogP contribution >= 0.6 is 11.8 Å². The lowest BCUT2D eigenvalue weighted by atomic mass is 10.0. The summed E-state index contributed by atoms with van der Waals surface area (Å²) in [6.07, 6.45) is 3.52. The lowest BCUT2D eigenvalue weighted by Crippen LogP contribution is -2.42. The van der Waals surface area contributed by atoms with Crippen LogP contribution in [0.25, 0.3) is 17.2 Å². The standard InChI is InChI=1S/C29H33FN6O4S2/c1-16-22(12-18-6-9-20(10-7-18)42(5)40)21-11-8-19(30)13-24(21)23(16)14-26(38)41-15-25(33-17(2)37)27(39)34-28(31)35-29(32)36(3)4/h6-13,25H,14-15H2,1-5H3,(H,33,37)(H4,31,32,34,35,39)/t25-,42?/m1/s1. The van der Waals surface area contributed by atoms with E-state index >= 15 is 0 Å². The minimum atomic E-state index is -1.13. The molecule has 2 amide bonds. The van der Waals surface area contributed by atoms with Crippen LogP contribution in [0, 0.1) is 5.82 Å². The number of rotatable bonds is 8. The Kier molecular flexibility index (Phi) is 10.9. The van der Waals surface area contributed by atoms with Gasteiger partial charge in [-0.1, -0.05) is 30.0 Å². The molecule has 3 rings (SSSR count). The number of allylic oxidation sites excluding steroid dienone is 3. The number of nitrogens with two attached hydrogens (primary N) is 2. The van der Waals surface area contributed by atoms with Gasteiger partial charge in [0.1, 0.15) is 11.9 Å². The minimum absolute atomic E-state index is 0.0319. The van der Waals surface area contributed by atoms with Crippen molar-refractivity contribution in [2.24, 2.45) is 21.5 Å². The third kappa shape index (κ3) is 8.46. The molecule has 42 heavy (non-hydrogen) atoms. The second-order valence-electron chi connectivity index (χ2n) is 9.66. The Labute approximate surface area is 250 Å². The summed E-state index contributed by atoms with van der Waals surface area (Å²) in [4.78, 5) is 47.3. The van der Waals surface area contributed by atoms with Gasteiger partial charge in [0, 0.05) is 55.1 Å². The fourth-order valence-electron chi connectivity index (χ4n) is 4.13. The molecule has 2 aromatic carbocycles. The van der Waals surface area contributed by atoms with Crippen molar-refractivity contribution in [2.45, 2.75) is 31.2 Å². The Bertz CT molecular complexity index is 1550. The maximum atomic E-state index is 14.3. The summed E-state index contributed by atoms with van der Waals surface area (Å²) in [5, 5.41) is 2.20. The lowest BCUT2D eigenvalue weighted by Gasteiger charge is -2.14. The first-order chi connectivity index (χ1) is 19.8. The molecule has 0 aliphatic heterocycles. The molecule has 0 fully saturated rings. The molecule has 10 nitrogen and oxygen atoms in total. The average Bonchev–Trinajstić information content (AvgIpc) is 3.15. The van der Waals surface area contributed by atoms with Gasteiger partial charge in [0.15, 0.2) is 11.1 Å². The third-order valence-corrected chi connectivity index (χ3v) is 8.20. The molecule has 222 valence electrons. The Hall–Kier alpha value is -4.10. The lowest BCUT2D eigenvalue weighted by molar-refractivity contribution is -0.125. The number of nitrogens with one attached hydrogen (secondary N) is 1. The molecule has 1 aliphatic carbocycles. The summed E-state index contributed by atoms with van der Waals surface area (Å²) >= 11 is 0.848. The second-order valence-corrected chi connectivity index (χ2v) is 12.1. The number of thioether (sulfide) groups is 1. The van der Waals surface area contributed by atoms with Crippen molar-refractivity contribution in [3.05, 3.63) is 70.5 Å². The van der Waals surface area contributed by atoms with Crippen LogP contribution in [-0.2, 0) is 25.2 Å². The summed E-state index contributed by atoms with van der Waals surface area (Å²) in [6, 6.07) is 10.6. The smallest absolute Gasteiger partial charge is 0.272 e. The normalized spacial score (nSPS) is 15.8. The van der Waals surface area contributed by atoms with Gasteiger partial charge in [0.05, 0.1) is 0 Å². The van der Waals surface area contributed by atoms with Gasteiger partial charge in [0.2, 0.25) is 11.9 Å². The number of nitrogens with zero attached hydrogens (tertiary/aromatic N) is 3. The van der Waals surface area contributed by atoms with Gasteiger partial charge in [-0.25, -0.2) is 4.39 Å². The van der Waals surface area contributed by atoms with Crippen LogP contribution in [0.15, 0.2) is 62.9 Å². The second kappa shape index (κ2) is 14.2. The fraction of sp³-hybridized carbons (Fsp3) is 0.276. The molecule has 0 saturated carbocycles. The number of halogens is 1. The summed E-state index contributed by atoms with van der Waals surface area (Å²) < 4.78 is 26.0. The number of amides is 2. The van der Waals surface area contributed by atoms with Crippen LogP contribution in [0.2, 0.25) is 0 Å². The fourth-order valence-corrected chi connectivity index (χ4v) is 5.47. The molecule has 1 aliphatic rings. The van der Waals surface area contributed by atoms with Gasteiger partial charge in [-0.3, -0.25) is 18.6 Å². The van der Waals surface area contributed by atoms with Crippen molar-refractivity contribution in [1.29, 1.82) is 0 Å². The highest BCUT2D eigenvalue weighted by Crippen LogP contribution is 2.44. The maximum absolute atomic E-state index is 14.3. The van der Waals surface area contributed by atoms with Crippen LogP contribution in [-0.4, -0.2) is 70.1 Å². The predicted molar refractivity (Wildman–Crippen MR) is 167 cm³/mol. The SMILES string of the molecule is CC(=O)N[C@H](CSC(=O)CC1=C(C)C(=Cc2ccc(S(C)=O)cc2)c2ccc(F)cc21)C(=O)N=C(N)N=C(N)N(C)C. The molecular formula is C29H33FN6O4S2. The van der Waals surface area contributed by atoms with Crippen LogP contribution < -0.4 is 16.8 Å². The molecule has 13 heteroatoms. The van der Waals surface area contributed by atoms with Crippen molar-refractivity contribution in [2.75, 3.05) is 26.1 Å². The van der Waals surface area contributed by atoms with E-state index in [0.717, 1.165) is 34.0 Å². The molecular weight excluding hydrogens is 579 g/mol. The molecule has 2 atom stereocenters. The summed E-state index contributed by atoms with van der Waals surface area (Å²) in [5.74, 6) is -2.16. The Morgan fingerprint density at radius 3 is 2.36 bits per heavy atom. The molecule has 0 radical (unpaired) electrons. The molecule has 0 saturated heterocycles. The van der Waals surface area contributed by atoms with E-state index in [1.54, 1.807) is 38.6 Å². The van der Waals surface area contributed by atoms with E-state index in [1.807, 2.05) is 25.1 Å². The van der Waals surface area contributed by atoms with Crippen molar-refractivity contribution in [3.8, 4) is 0 Å². The van der Waals surface area contributed by atoms with Crippen molar-refractivity contribution in [1.82, 2.24) is 10.2 Å². The van der Waals surface area contributed by atoms with E-state index in [2.05, 4.69) is 15.3 Å². The van der Waals surface area contributed by atoms with Crippen molar-refractivity contribution < 1.29 is 23.0 Å². The van der Waals surface area contributed by atoms with Gasteiger partial charge >= 0.3 is 0 Å². The number of benzene rings is 2. The Morgan fingerprint density at radius 2 is 1.76 bits per heavy atom. The third-order valence-electron chi connectivity index (χ3n) is 6.30. The molecule has 0 bridgehead atoms. The first-order valence-corrected chi connectivity index (χ1v) is 15.3. The van der Waals surface area contributed by atoms with Crippen molar-refractivity contribution >= 4 is 68.6 Å². The number of hydrogen-bond donors (Lipinski definition) is 3. The zero-order valence-electron chi connectivity index (χ0n) is 23.9. The highest BCUT2D eigenvalue weighted by molar-refractivity contribution is 8.13. The number of carbonyl (C=O) groups is 3. The van der Waals surface area contributed by atoms with E-state index in [9.17, 15) is 23.0 Å². The highest BCUT2D eigenvalue weighted by atomic mass is 32.2. The topological polar surface area (TPSA) is 160 Å². The monoisotopic (exact) mass is 612 g/mol.